The maximum atomic E-state index is 12.6. The van der Waals surface area contributed by atoms with E-state index in [0.29, 0.717) is 17.6 Å². The second-order valence-electron chi connectivity index (χ2n) is 6.03. The van der Waals surface area contributed by atoms with E-state index in [1.807, 2.05) is 0 Å². The van der Waals surface area contributed by atoms with E-state index >= 15 is 0 Å². The average molecular weight is 300 g/mol. The molecule has 1 fully saturated rings. The SMILES string of the molecule is CC(C)N1CCC(CNc2cccc(C(F)(F)F)c2)CC1. The van der Waals surface area contributed by atoms with Crippen LogP contribution in [0.4, 0.5) is 18.9 Å². The van der Waals surface area contributed by atoms with Gasteiger partial charge >= 0.3 is 6.18 Å². The van der Waals surface area contributed by atoms with Crippen molar-refractivity contribution in [2.45, 2.75) is 38.9 Å². The number of piperidine rings is 1. The fraction of sp³-hybridized carbons (Fsp3) is 0.625. The normalized spacial score (nSPS) is 18.2. The predicted octanol–water partition coefficient (Wildman–Crippen LogP) is 4.24. The lowest BCUT2D eigenvalue weighted by Gasteiger charge is -2.34. The molecule has 1 saturated heterocycles. The second kappa shape index (κ2) is 6.69. The van der Waals surface area contributed by atoms with Crippen molar-refractivity contribution >= 4 is 5.69 Å². The summed E-state index contributed by atoms with van der Waals surface area (Å²) in [5.74, 6) is 0.537. The van der Waals surface area contributed by atoms with Gasteiger partial charge in [0, 0.05) is 18.3 Å². The predicted molar refractivity (Wildman–Crippen MR) is 79.4 cm³/mol. The number of likely N-dealkylation sites (tertiary alicyclic amines) is 1. The van der Waals surface area contributed by atoms with Crippen molar-refractivity contribution in [3.63, 3.8) is 0 Å². The Bertz CT molecular complexity index is 449. The van der Waals surface area contributed by atoms with E-state index in [9.17, 15) is 13.2 Å². The minimum atomic E-state index is -4.28. The van der Waals surface area contributed by atoms with Crippen molar-refractivity contribution < 1.29 is 13.2 Å². The van der Waals surface area contributed by atoms with Crippen LogP contribution in [0.2, 0.25) is 0 Å². The standard InChI is InChI=1S/C16H23F3N2/c1-12(2)21-8-6-13(7-9-21)11-20-15-5-3-4-14(10-15)16(17,18)19/h3-5,10,12-13,20H,6-9,11H2,1-2H3. The van der Waals surface area contributed by atoms with Gasteiger partial charge in [-0.3, -0.25) is 0 Å². The van der Waals surface area contributed by atoms with E-state index in [0.717, 1.165) is 38.5 Å². The molecular weight excluding hydrogens is 277 g/mol. The molecular formula is C16H23F3N2. The van der Waals surface area contributed by atoms with Crippen molar-refractivity contribution in [3.05, 3.63) is 29.8 Å². The molecule has 118 valence electrons. The van der Waals surface area contributed by atoms with E-state index < -0.39 is 11.7 Å². The van der Waals surface area contributed by atoms with Crippen LogP contribution in [0, 0.1) is 5.92 Å². The molecule has 0 amide bonds. The summed E-state index contributed by atoms with van der Waals surface area (Å²) in [6.45, 7) is 7.29. The number of alkyl halides is 3. The molecule has 1 aliphatic heterocycles. The van der Waals surface area contributed by atoms with Crippen LogP contribution in [-0.2, 0) is 6.18 Å². The summed E-state index contributed by atoms with van der Waals surface area (Å²) in [5.41, 5.74) is -0.0433. The van der Waals surface area contributed by atoms with Crippen LogP contribution in [0.1, 0.15) is 32.3 Å². The van der Waals surface area contributed by atoms with Crippen LogP contribution in [0.15, 0.2) is 24.3 Å². The summed E-state index contributed by atoms with van der Waals surface area (Å²) in [7, 11) is 0. The minimum absolute atomic E-state index is 0.537. The molecule has 0 aliphatic carbocycles. The molecule has 1 heterocycles. The zero-order valence-electron chi connectivity index (χ0n) is 12.6. The van der Waals surface area contributed by atoms with Crippen LogP contribution in [0.3, 0.4) is 0 Å². The first-order valence-electron chi connectivity index (χ1n) is 7.51. The summed E-state index contributed by atoms with van der Waals surface area (Å²) in [5, 5.41) is 3.15. The van der Waals surface area contributed by atoms with Crippen LogP contribution in [0.25, 0.3) is 0 Å². The topological polar surface area (TPSA) is 15.3 Å². The first kappa shape index (κ1) is 16.1. The maximum Gasteiger partial charge on any atom is 0.416 e. The van der Waals surface area contributed by atoms with Gasteiger partial charge in [0.2, 0.25) is 0 Å². The number of nitrogens with one attached hydrogen (secondary N) is 1. The van der Waals surface area contributed by atoms with Crippen LogP contribution in [-0.4, -0.2) is 30.6 Å². The number of anilines is 1. The molecule has 1 aromatic rings. The fourth-order valence-corrected chi connectivity index (χ4v) is 2.74. The van der Waals surface area contributed by atoms with Crippen molar-refractivity contribution in [2.24, 2.45) is 5.92 Å². The van der Waals surface area contributed by atoms with Gasteiger partial charge in [-0.2, -0.15) is 13.2 Å². The Kier molecular flexibility index (Phi) is 5.14. The van der Waals surface area contributed by atoms with E-state index in [4.69, 9.17) is 0 Å². The van der Waals surface area contributed by atoms with Gasteiger partial charge in [-0.1, -0.05) is 6.07 Å². The van der Waals surface area contributed by atoms with Crippen LogP contribution < -0.4 is 5.32 Å². The fourth-order valence-electron chi connectivity index (χ4n) is 2.74. The van der Waals surface area contributed by atoms with E-state index in [1.165, 1.54) is 12.1 Å². The zero-order chi connectivity index (χ0) is 15.5. The molecule has 0 atom stereocenters. The second-order valence-corrected chi connectivity index (χ2v) is 6.03. The summed E-state index contributed by atoms with van der Waals surface area (Å²) < 4.78 is 37.9. The quantitative estimate of drug-likeness (QED) is 0.895. The highest BCUT2D eigenvalue weighted by molar-refractivity contribution is 5.46. The lowest BCUT2D eigenvalue weighted by atomic mass is 9.96. The van der Waals surface area contributed by atoms with E-state index in [-0.39, 0.29) is 0 Å². The number of halogens is 3. The Morgan fingerprint density at radius 2 is 1.90 bits per heavy atom. The molecule has 1 aliphatic rings. The molecule has 0 saturated carbocycles. The Labute approximate surface area is 124 Å². The molecule has 21 heavy (non-hydrogen) atoms. The molecule has 0 bridgehead atoms. The largest absolute Gasteiger partial charge is 0.416 e. The summed E-state index contributed by atoms with van der Waals surface area (Å²) in [6.07, 6.45) is -2.07. The number of rotatable bonds is 4. The molecule has 0 radical (unpaired) electrons. The van der Waals surface area contributed by atoms with E-state index in [1.54, 1.807) is 6.07 Å². The first-order chi connectivity index (χ1) is 9.86. The molecule has 1 N–H and O–H groups in total. The van der Waals surface area contributed by atoms with Gasteiger partial charge in [0.05, 0.1) is 5.56 Å². The maximum absolute atomic E-state index is 12.6. The monoisotopic (exact) mass is 300 g/mol. The summed E-state index contributed by atoms with van der Waals surface area (Å²) >= 11 is 0. The van der Waals surface area contributed by atoms with Crippen molar-refractivity contribution in [2.75, 3.05) is 25.0 Å². The molecule has 2 rings (SSSR count). The zero-order valence-corrected chi connectivity index (χ0v) is 12.6. The van der Waals surface area contributed by atoms with Gasteiger partial charge in [0.15, 0.2) is 0 Å². The minimum Gasteiger partial charge on any atom is -0.385 e. The number of nitrogens with zero attached hydrogens (tertiary/aromatic N) is 1. The van der Waals surface area contributed by atoms with Crippen molar-refractivity contribution in [3.8, 4) is 0 Å². The van der Waals surface area contributed by atoms with Gasteiger partial charge in [-0.25, -0.2) is 0 Å². The van der Waals surface area contributed by atoms with Gasteiger partial charge in [0.25, 0.3) is 0 Å². The van der Waals surface area contributed by atoms with Gasteiger partial charge in [0.1, 0.15) is 0 Å². The van der Waals surface area contributed by atoms with Gasteiger partial charge in [-0.15, -0.1) is 0 Å². The van der Waals surface area contributed by atoms with Crippen molar-refractivity contribution in [1.29, 1.82) is 0 Å². The Morgan fingerprint density at radius 3 is 2.48 bits per heavy atom. The van der Waals surface area contributed by atoms with E-state index in [2.05, 4.69) is 24.1 Å². The highest BCUT2D eigenvalue weighted by Gasteiger charge is 2.30. The molecule has 2 nitrogen and oxygen atoms in total. The first-order valence-corrected chi connectivity index (χ1v) is 7.51. The third-order valence-electron chi connectivity index (χ3n) is 4.16. The van der Waals surface area contributed by atoms with Gasteiger partial charge in [-0.05, 0) is 63.9 Å². The number of benzene rings is 1. The van der Waals surface area contributed by atoms with Crippen LogP contribution >= 0.6 is 0 Å². The highest BCUT2D eigenvalue weighted by Crippen LogP contribution is 2.30. The molecule has 1 aromatic carbocycles. The Morgan fingerprint density at radius 1 is 1.24 bits per heavy atom. The average Bonchev–Trinajstić information content (AvgIpc) is 2.45. The molecule has 0 unspecified atom stereocenters. The van der Waals surface area contributed by atoms with Crippen LogP contribution in [0.5, 0.6) is 0 Å². The summed E-state index contributed by atoms with van der Waals surface area (Å²) in [4.78, 5) is 2.45. The summed E-state index contributed by atoms with van der Waals surface area (Å²) in [6, 6.07) is 6.00. The lowest BCUT2D eigenvalue weighted by molar-refractivity contribution is -0.137. The molecule has 0 spiro atoms. The molecule has 5 heteroatoms. The lowest BCUT2D eigenvalue weighted by Crippen LogP contribution is -2.39. The Balaban J connectivity index is 1.84. The van der Waals surface area contributed by atoms with Gasteiger partial charge < -0.3 is 10.2 Å². The third kappa shape index (κ3) is 4.63. The smallest absolute Gasteiger partial charge is 0.385 e. The van der Waals surface area contributed by atoms with Crippen molar-refractivity contribution in [1.82, 2.24) is 4.90 Å². The number of hydrogen-bond donors (Lipinski definition) is 1. The third-order valence-corrected chi connectivity index (χ3v) is 4.16. The molecule has 0 aromatic heterocycles. The number of hydrogen-bond acceptors (Lipinski definition) is 2. The Hall–Kier alpha value is -1.23. The highest BCUT2D eigenvalue weighted by atomic mass is 19.4.